The second-order valence-electron chi connectivity index (χ2n) is 15.3. The van der Waals surface area contributed by atoms with E-state index >= 15 is 0 Å². The van der Waals surface area contributed by atoms with E-state index in [1.54, 1.807) is 30.3 Å². The molecule has 0 spiro atoms. The molecular formula is C52H44N6O2. The number of nitrogens with two attached hydrogens (primary N) is 1. The maximum atomic E-state index is 13.8. The number of carbonyl (C=O) groups is 1. The molecule has 0 bridgehead atoms. The van der Waals surface area contributed by atoms with Crippen LogP contribution in [0.2, 0.25) is 0 Å². The second kappa shape index (κ2) is 16.3. The van der Waals surface area contributed by atoms with Crippen molar-refractivity contribution in [2.75, 3.05) is 16.0 Å². The van der Waals surface area contributed by atoms with Crippen molar-refractivity contribution in [2.45, 2.75) is 33.1 Å². The first-order chi connectivity index (χ1) is 29.3. The number of rotatable bonds is 11. The Morgan fingerprint density at radius 1 is 0.667 bits per heavy atom. The van der Waals surface area contributed by atoms with E-state index in [0.717, 1.165) is 63.5 Å². The summed E-state index contributed by atoms with van der Waals surface area (Å²) < 4.78 is 0. The van der Waals surface area contributed by atoms with Crippen LogP contribution < -0.4 is 16.0 Å². The lowest BCUT2D eigenvalue weighted by molar-refractivity contribution is 0.102. The van der Waals surface area contributed by atoms with Gasteiger partial charge in [0, 0.05) is 50.1 Å². The molecule has 5 N–H and O–H groups in total. The average molecular weight is 785 g/mol. The molecule has 0 atom stereocenters. The van der Waals surface area contributed by atoms with Gasteiger partial charge in [0.25, 0.3) is 5.91 Å². The summed E-state index contributed by atoms with van der Waals surface area (Å²) in [5.74, 6) is -0.706. The number of amides is 1. The van der Waals surface area contributed by atoms with Crippen LogP contribution in [-0.2, 0) is 12.8 Å². The number of aryl methyl sites for hydroxylation is 4. The number of benzene rings is 8. The Hall–Kier alpha value is -7.71. The van der Waals surface area contributed by atoms with Gasteiger partial charge in [-0.1, -0.05) is 90.0 Å². The molecule has 0 aliphatic rings. The lowest BCUT2D eigenvalue weighted by Gasteiger charge is -2.26. The molecule has 1 amide bonds. The molecule has 0 aliphatic heterocycles. The number of nitrogen functional groups attached to an aromatic ring is 1. The Balaban J connectivity index is 0.900. The molecule has 9 aromatic rings. The van der Waals surface area contributed by atoms with Gasteiger partial charge >= 0.3 is 0 Å². The highest BCUT2D eigenvalue weighted by atomic mass is 16.3. The van der Waals surface area contributed by atoms with Crippen molar-refractivity contribution in [1.82, 2.24) is 4.98 Å². The number of aromatic hydroxyl groups is 1. The van der Waals surface area contributed by atoms with Crippen molar-refractivity contribution in [1.29, 1.82) is 0 Å². The van der Waals surface area contributed by atoms with E-state index in [4.69, 9.17) is 5.73 Å². The molecule has 60 heavy (non-hydrogen) atoms. The van der Waals surface area contributed by atoms with Crippen LogP contribution in [0.3, 0.4) is 0 Å². The first-order valence-corrected chi connectivity index (χ1v) is 20.2. The quantitative estimate of drug-likeness (QED) is 0.0771. The first-order valence-electron chi connectivity index (χ1n) is 20.2. The normalized spacial score (nSPS) is 11.5. The number of anilines is 5. The zero-order valence-corrected chi connectivity index (χ0v) is 33.5. The zero-order chi connectivity index (χ0) is 41.2. The minimum Gasteiger partial charge on any atom is -0.505 e. The van der Waals surface area contributed by atoms with Crippen LogP contribution in [0.25, 0.3) is 32.6 Å². The average Bonchev–Trinajstić information content (AvgIpc) is 3.65. The number of phenols is 1. The fraction of sp³-hybridized carbons (Fsp3) is 0.0962. The van der Waals surface area contributed by atoms with Gasteiger partial charge in [-0.05, 0) is 135 Å². The number of aromatic amines is 1. The fourth-order valence-electron chi connectivity index (χ4n) is 7.80. The van der Waals surface area contributed by atoms with E-state index in [2.05, 4.69) is 118 Å². The Morgan fingerprint density at radius 3 is 1.88 bits per heavy atom. The van der Waals surface area contributed by atoms with E-state index < -0.39 is 5.91 Å². The lowest BCUT2D eigenvalue weighted by Crippen LogP contribution is -2.12. The lowest BCUT2D eigenvalue weighted by atomic mass is 10.00. The number of nitrogens with one attached hydrogen (secondary N) is 2. The van der Waals surface area contributed by atoms with Gasteiger partial charge in [-0.2, -0.15) is 5.11 Å². The summed E-state index contributed by atoms with van der Waals surface area (Å²) in [6.45, 7) is 4.22. The van der Waals surface area contributed by atoms with Crippen molar-refractivity contribution < 1.29 is 9.90 Å². The van der Waals surface area contributed by atoms with Crippen LogP contribution in [0, 0.1) is 13.8 Å². The van der Waals surface area contributed by atoms with E-state index in [0.29, 0.717) is 22.4 Å². The van der Waals surface area contributed by atoms with E-state index in [1.807, 2.05) is 54.6 Å². The highest BCUT2D eigenvalue weighted by Crippen LogP contribution is 2.44. The van der Waals surface area contributed by atoms with Crippen molar-refractivity contribution >= 4 is 78.3 Å². The van der Waals surface area contributed by atoms with Gasteiger partial charge in [0.15, 0.2) is 5.75 Å². The van der Waals surface area contributed by atoms with Gasteiger partial charge in [0.2, 0.25) is 0 Å². The van der Waals surface area contributed by atoms with E-state index in [-0.39, 0.29) is 17.0 Å². The van der Waals surface area contributed by atoms with Gasteiger partial charge in [-0.25, -0.2) is 0 Å². The molecule has 0 aliphatic carbocycles. The predicted molar refractivity (Wildman–Crippen MR) is 247 cm³/mol. The number of phenolic OH excluding ortho intramolecular Hbond substituents is 1. The molecule has 1 heterocycles. The smallest absolute Gasteiger partial charge is 0.259 e. The highest BCUT2D eigenvalue weighted by molar-refractivity contribution is 6.22. The van der Waals surface area contributed by atoms with Crippen LogP contribution in [-0.4, -0.2) is 16.0 Å². The summed E-state index contributed by atoms with van der Waals surface area (Å²) >= 11 is 0. The summed E-state index contributed by atoms with van der Waals surface area (Å²) in [7, 11) is 0. The van der Waals surface area contributed by atoms with E-state index in [1.165, 1.54) is 22.3 Å². The third kappa shape index (κ3) is 7.78. The Bertz CT molecular complexity index is 2960. The number of para-hydroxylation sites is 1. The van der Waals surface area contributed by atoms with Crippen molar-refractivity contribution in [3.8, 4) is 5.75 Å². The topological polar surface area (TPSA) is 119 Å². The summed E-state index contributed by atoms with van der Waals surface area (Å²) in [4.78, 5) is 19.6. The van der Waals surface area contributed by atoms with Gasteiger partial charge in [-0.15, -0.1) is 5.11 Å². The number of H-pyrrole nitrogens is 1. The predicted octanol–water partition coefficient (Wildman–Crippen LogP) is 13.7. The summed E-state index contributed by atoms with van der Waals surface area (Å²) in [5.41, 5.74) is 18.0. The van der Waals surface area contributed by atoms with E-state index in [9.17, 15) is 9.90 Å². The number of nitrogens with zero attached hydrogens (tertiary/aromatic N) is 3. The number of hydrogen-bond acceptors (Lipinski definition) is 6. The third-order valence-electron chi connectivity index (χ3n) is 11.1. The molecule has 0 saturated carbocycles. The van der Waals surface area contributed by atoms with Gasteiger partial charge in [-0.3, -0.25) is 4.79 Å². The number of azo groups is 1. The molecule has 8 heteroatoms. The maximum Gasteiger partial charge on any atom is 0.259 e. The molecular weight excluding hydrogens is 741 g/mol. The van der Waals surface area contributed by atoms with Gasteiger partial charge < -0.3 is 26.0 Å². The fourth-order valence-corrected chi connectivity index (χ4v) is 7.80. The molecule has 8 nitrogen and oxygen atoms in total. The summed E-state index contributed by atoms with van der Waals surface area (Å²) in [6, 6.07) is 54.7. The van der Waals surface area contributed by atoms with Crippen LogP contribution >= 0.6 is 0 Å². The SMILES string of the molecule is Cc1ccc(N(c2ccc(C)cc2)c2ccc(CCCc3ccc(NC(=O)c4cc5ccc6c7ccccc7[nH]c6c5c(N=Nc5ccc(N)cc5)c4O)cc3)cc2)cc1. The minimum atomic E-state index is -0.449. The monoisotopic (exact) mass is 784 g/mol. The molecule has 0 radical (unpaired) electrons. The van der Waals surface area contributed by atoms with Crippen LogP contribution in [0.1, 0.15) is 39.0 Å². The molecule has 294 valence electrons. The molecule has 9 rings (SSSR count). The standard InChI is InChI=1S/C52H44N6O2/c1-33-10-25-41(26-11-33)58(42-27-12-34(2)13-28-42)43-29-16-36(17-30-43)7-5-6-35-14-21-39(22-15-35)54-52(60)46-32-37-18-31-45-44-8-3-4-9-47(44)55-49(45)48(37)50(51(46)59)57-56-40-23-19-38(53)20-24-40/h3-4,8-32,55,59H,5-7,53H2,1-2H3,(H,54,60). The second-order valence-corrected chi connectivity index (χ2v) is 15.3. The largest absolute Gasteiger partial charge is 0.505 e. The minimum absolute atomic E-state index is 0.0974. The van der Waals surface area contributed by atoms with Crippen molar-refractivity contribution in [2.24, 2.45) is 10.2 Å². The highest BCUT2D eigenvalue weighted by Gasteiger charge is 2.22. The number of carbonyl (C=O) groups excluding carboxylic acids is 1. The number of hydrogen-bond donors (Lipinski definition) is 4. The van der Waals surface area contributed by atoms with Crippen LogP contribution in [0.5, 0.6) is 5.75 Å². The Kier molecular flexibility index (Phi) is 10.3. The Morgan fingerprint density at radius 2 is 1.25 bits per heavy atom. The van der Waals surface area contributed by atoms with Crippen molar-refractivity contribution in [3.63, 3.8) is 0 Å². The first kappa shape index (κ1) is 37.8. The van der Waals surface area contributed by atoms with Crippen molar-refractivity contribution in [3.05, 3.63) is 192 Å². The van der Waals surface area contributed by atoms with Crippen LogP contribution in [0.4, 0.5) is 39.8 Å². The molecule has 8 aromatic carbocycles. The maximum absolute atomic E-state index is 13.8. The molecule has 1 aromatic heterocycles. The molecule has 0 unspecified atom stereocenters. The van der Waals surface area contributed by atoms with Gasteiger partial charge in [0.1, 0.15) is 5.69 Å². The Labute approximate surface area is 348 Å². The number of fused-ring (bicyclic) bond motifs is 5. The molecule has 0 fully saturated rings. The third-order valence-corrected chi connectivity index (χ3v) is 11.1. The van der Waals surface area contributed by atoms with Crippen LogP contribution in [0.15, 0.2) is 174 Å². The number of aromatic nitrogens is 1. The molecule has 0 saturated heterocycles. The van der Waals surface area contributed by atoms with Gasteiger partial charge in [0.05, 0.1) is 16.8 Å². The summed E-state index contributed by atoms with van der Waals surface area (Å²) in [5, 5.41) is 27.1. The summed E-state index contributed by atoms with van der Waals surface area (Å²) in [6.07, 6.45) is 2.82. The zero-order valence-electron chi connectivity index (χ0n) is 33.5.